The van der Waals surface area contributed by atoms with Gasteiger partial charge in [-0.1, -0.05) is 39.0 Å². The van der Waals surface area contributed by atoms with Gasteiger partial charge in [0.25, 0.3) is 0 Å². The molecule has 6 nitrogen and oxygen atoms in total. The fourth-order valence-electron chi connectivity index (χ4n) is 3.52. The van der Waals surface area contributed by atoms with E-state index in [2.05, 4.69) is 42.1 Å². The van der Waals surface area contributed by atoms with Crippen molar-refractivity contribution in [3.63, 3.8) is 0 Å². The molecule has 146 valence electrons. The lowest BCUT2D eigenvalue weighted by Gasteiger charge is -2.27. The van der Waals surface area contributed by atoms with Crippen molar-refractivity contribution in [1.82, 2.24) is 9.97 Å². The van der Waals surface area contributed by atoms with Crippen molar-refractivity contribution >= 4 is 27.3 Å². The van der Waals surface area contributed by atoms with Crippen molar-refractivity contribution < 1.29 is 8.42 Å². The third-order valence-electron chi connectivity index (χ3n) is 4.89. The van der Waals surface area contributed by atoms with Gasteiger partial charge in [0.15, 0.2) is 9.84 Å². The molecule has 0 saturated carbocycles. The van der Waals surface area contributed by atoms with Gasteiger partial charge in [0.05, 0.1) is 11.5 Å². The minimum absolute atomic E-state index is 0.00706. The summed E-state index contributed by atoms with van der Waals surface area (Å²) in [5.41, 5.74) is 2.23. The van der Waals surface area contributed by atoms with Crippen LogP contribution in [0.1, 0.15) is 39.7 Å². The molecule has 1 saturated heterocycles. The second-order valence-corrected chi connectivity index (χ2v) is 10.2. The molecule has 3 rings (SSSR count). The van der Waals surface area contributed by atoms with Crippen molar-refractivity contribution in [2.24, 2.45) is 0 Å². The van der Waals surface area contributed by atoms with Crippen molar-refractivity contribution in [2.45, 2.75) is 45.6 Å². The van der Waals surface area contributed by atoms with Crippen LogP contribution >= 0.6 is 0 Å². The maximum Gasteiger partial charge on any atom is 0.227 e. The van der Waals surface area contributed by atoms with Gasteiger partial charge in [0.2, 0.25) is 5.95 Å². The second-order valence-electron chi connectivity index (χ2n) is 8.01. The monoisotopic (exact) mass is 388 g/mol. The summed E-state index contributed by atoms with van der Waals surface area (Å²) in [5, 5.41) is 3.41. The molecule has 1 atom stereocenters. The van der Waals surface area contributed by atoms with Crippen LogP contribution in [0.5, 0.6) is 0 Å². The molecular weight excluding hydrogens is 360 g/mol. The van der Waals surface area contributed by atoms with Crippen LogP contribution < -0.4 is 10.2 Å². The molecule has 1 aromatic carbocycles. The van der Waals surface area contributed by atoms with Crippen molar-refractivity contribution in [3.8, 4) is 0 Å². The number of sulfone groups is 1. The normalized spacial score (nSPS) is 19.0. The van der Waals surface area contributed by atoms with Crippen LogP contribution in [-0.4, -0.2) is 42.5 Å². The van der Waals surface area contributed by atoms with E-state index in [4.69, 9.17) is 0 Å². The highest BCUT2D eigenvalue weighted by Crippen LogP contribution is 2.31. The van der Waals surface area contributed by atoms with Gasteiger partial charge in [0.1, 0.15) is 5.82 Å². The van der Waals surface area contributed by atoms with Crippen molar-refractivity contribution in [3.05, 3.63) is 42.1 Å². The molecule has 0 bridgehead atoms. The number of aromatic nitrogens is 2. The number of anilines is 3. The van der Waals surface area contributed by atoms with Crippen LogP contribution in [0.3, 0.4) is 0 Å². The lowest BCUT2D eigenvalue weighted by Crippen LogP contribution is -2.37. The highest BCUT2D eigenvalue weighted by atomic mass is 32.2. The SMILES string of the molecule is CCN(c1nccc(Nc2ccccc2C(C)(C)C)n1)C1CCS(=O)(=O)C1. The summed E-state index contributed by atoms with van der Waals surface area (Å²) in [6.07, 6.45) is 2.35. The highest BCUT2D eigenvalue weighted by molar-refractivity contribution is 7.91. The molecule has 1 aliphatic heterocycles. The van der Waals surface area contributed by atoms with Crippen molar-refractivity contribution in [2.75, 3.05) is 28.3 Å². The minimum atomic E-state index is -2.95. The van der Waals surface area contributed by atoms with E-state index in [1.165, 1.54) is 5.56 Å². The first-order chi connectivity index (χ1) is 12.7. The standard InChI is InChI=1S/C20H28N4O2S/c1-5-24(15-11-13-27(25,26)14-15)19-21-12-10-18(23-19)22-17-9-7-6-8-16(17)20(2,3)4/h6-10,12,15H,5,11,13-14H2,1-4H3,(H,21,22,23). The predicted octanol–water partition coefficient (Wildman–Crippen LogP) is 3.53. The van der Waals surface area contributed by atoms with Crippen LogP contribution in [0.25, 0.3) is 0 Å². The summed E-state index contributed by atoms with van der Waals surface area (Å²) in [7, 11) is -2.95. The van der Waals surface area contributed by atoms with E-state index >= 15 is 0 Å². The number of hydrogen-bond acceptors (Lipinski definition) is 6. The Labute approximate surface area is 162 Å². The molecule has 1 fully saturated rings. The molecule has 27 heavy (non-hydrogen) atoms. The number of nitrogens with zero attached hydrogens (tertiary/aromatic N) is 3. The molecule has 2 heterocycles. The molecule has 1 aromatic heterocycles. The van der Waals surface area contributed by atoms with E-state index in [-0.39, 0.29) is 23.0 Å². The lowest BCUT2D eigenvalue weighted by atomic mass is 9.86. The Kier molecular flexibility index (Phi) is 5.42. The highest BCUT2D eigenvalue weighted by Gasteiger charge is 2.33. The summed E-state index contributed by atoms with van der Waals surface area (Å²) < 4.78 is 23.7. The van der Waals surface area contributed by atoms with E-state index < -0.39 is 9.84 Å². The Morgan fingerprint density at radius 2 is 1.96 bits per heavy atom. The van der Waals surface area contributed by atoms with Gasteiger partial charge >= 0.3 is 0 Å². The molecule has 0 aliphatic carbocycles. The number of rotatable bonds is 5. The number of para-hydroxylation sites is 1. The Bertz CT molecular complexity index is 906. The molecule has 1 N–H and O–H groups in total. The first-order valence-electron chi connectivity index (χ1n) is 9.36. The molecule has 0 radical (unpaired) electrons. The van der Waals surface area contributed by atoms with Crippen LogP contribution in [0.4, 0.5) is 17.5 Å². The average Bonchev–Trinajstić information content (AvgIpc) is 2.95. The van der Waals surface area contributed by atoms with Crippen LogP contribution in [0.2, 0.25) is 0 Å². The summed E-state index contributed by atoms with van der Waals surface area (Å²) in [5.74, 6) is 1.69. The second kappa shape index (κ2) is 7.46. The van der Waals surface area contributed by atoms with Crippen LogP contribution in [-0.2, 0) is 15.3 Å². The van der Waals surface area contributed by atoms with Gasteiger partial charge in [-0.2, -0.15) is 4.98 Å². The first-order valence-corrected chi connectivity index (χ1v) is 11.2. The number of nitrogens with one attached hydrogen (secondary N) is 1. The minimum Gasteiger partial charge on any atom is -0.340 e. The van der Waals surface area contributed by atoms with Gasteiger partial charge in [-0.25, -0.2) is 13.4 Å². The van der Waals surface area contributed by atoms with Gasteiger partial charge in [-0.3, -0.25) is 0 Å². The molecular formula is C20H28N4O2S. The van der Waals surface area contributed by atoms with Gasteiger partial charge in [0, 0.05) is 24.5 Å². The first kappa shape index (κ1) is 19.6. The average molecular weight is 389 g/mol. The fourth-order valence-corrected chi connectivity index (χ4v) is 5.26. The topological polar surface area (TPSA) is 75.2 Å². The smallest absolute Gasteiger partial charge is 0.227 e. The Hall–Kier alpha value is -2.15. The molecule has 0 spiro atoms. The largest absolute Gasteiger partial charge is 0.340 e. The maximum atomic E-state index is 11.9. The fraction of sp³-hybridized carbons (Fsp3) is 0.500. The zero-order valence-electron chi connectivity index (χ0n) is 16.4. The predicted molar refractivity (Wildman–Crippen MR) is 111 cm³/mol. The Morgan fingerprint density at radius 1 is 1.22 bits per heavy atom. The lowest BCUT2D eigenvalue weighted by molar-refractivity contribution is 0.592. The number of hydrogen-bond donors (Lipinski definition) is 1. The summed E-state index contributed by atoms with van der Waals surface area (Å²) >= 11 is 0. The van der Waals surface area contributed by atoms with Crippen LogP contribution in [0, 0.1) is 0 Å². The summed E-state index contributed by atoms with van der Waals surface area (Å²) in [6.45, 7) is 9.21. The third kappa shape index (κ3) is 4.58. The zero-order valence-corrected chi connectivity index (χ0v) is 17.3. The molecule has 7 heteroatoms. The van der Waals surface area contributed by atoms with E-state index in [0.29, 0.717) is 24.7 Å². The van der Waals surface area contributed by atoms with Crippen molar-refractivity contribution in [1.29, 1.82) is 0 Å². The van der Waals surface area contributed by atoms with Crippen LogP contribution in [0.15, 0.2) is 36.5 Å². The molecule has 1 aliphatic rings. The maximum absolute atomic E-state index is 11.9. The molecule has 2 aromatic rings. The van der Waals surface area contributed by atoms with E-state index in [1.54, 1.807) is 6.20 Å². The Morgan fingerprint density at radius 3 is 2.59 bits per heavy atom. The molecule has 1 unspecified atom stereocenters. The summed E-state index contributed by atoms with van der Waals surface area (Å²) in [6, 6.07) is 9.98. The number of benzene rings is 1. The van der Waals surface area contributed by atoms with E-state index in [0.717, 1.165) is 5.69 Å². The van der Waals surface area contributed by atoms with Gasteiger partial charge in [-0.15, -0.1) is 0 Å². The third-order valence-corrected chi connectivity index (χ3v) is 6.64. The van der Waals surface area contributed by atoms with Gasteiger partial charge in [-0.05, 0) is 36.5 Å². The molecule has 0 amide bonds. The summed E-state index contributed by atoms with van der Waals surface area (Å²) in [4.78, 5) is 11.1. The quantitative estimate of drug-likeness (QED) is 0.844. The zero-order chi connectivity index (χ0) is 19.7. The Balaban J connectivity index is 1.86. The van der Waals surface area contributed by atoms with Gasteiger partial charge < -0.3 is 10.2 Å². The van der Waals surface area contributed by atoms with E-state index in [1.807, 2.05) is 36.1 Å². The van der Waals surface area contributed by atoms with E-state index in [9.17, 15) is 8.42 Å².